The first-order valence-corrected chi connectivity index (χ1v) is 9.54. The number of pyridine rings is 1. The lowest BCUT2D eigenvalue weighted by atomic mass is 10.0. The summed E-state index contributed by atoms with van der Waals surface area (Å²) in [6, 6.07) is 7.25. The number of likely N-dealkylation sites (N-methyl/N-ethyl adjacent to an activating group) is 1. The number of amides is 1. The summed E-state index contributed by atoms with van der Waals surface area (Å²) in [5.74, 6) is 0.143. The van der Waals surface area contributed by atoms with Crippen LogP contribution in [-0.2, 0) is 12.7 Å². The average molecular weight is 418 g/mol. The zero-order valence-corrected chi connectivity index (χ0v) is 16.4. The molecule has 0 saturated carbocycles. The predicted octanol–water partition coefficient (Wildman–Crippen LogP) is 3.36. The Bertz CT molecular complexity index is 1070. The number of hydrogen-bond donors (Lipinski definition) is 1. The SMILES string of the molecule is CN1CCN(C(=O)c2ccc(-c3cc(C(F)(F)F)c4oc(CN)cc4c3)nc2)CC1. The molecule has 0 spiro atoms. The second kappa shape index (κ2) is 7.73. The van der Waals surface area contributed by atoms with Crippen LogP contribution in [0.3, 0.4) is 0 Å². The van der Waals surface area contributed by atoms with E-state index < -0.39 is 11.7 Å². The summed E-state index contributed by atoms with van der Waals surface area (Å²) in [4.78, 5) is 20.8. The van der Waals surface area contributed by atoms with Gasteiger partial charge in [-0.3, -0.25) is 9.78 Å². The van der Waals surface area contributed by atoms with Crippen LogP contribution in [0.1, 0.15) is 21.7 Å². The summed E-state index contributed by atoms with van der Waals surface area (Å²) in [7, 11) is 2.00. The van der Waals surface area contributed by atoms with E-state index in [1.165, 1.54) is 12.3 Å². The van der Waals surface area contributed by atoms with Gasteiger partial charge in [-0.25, -0.2) is 0 Å². The van der Waals surface area contributed by atoms with Gasteiger partial charge in [-0.2, -0.15) is 13.2 Å². The third kappa shape index (κ3) is 3.90. The van der Waals surface area contributed by atoms with Gasteiger partial charge in [0, 0.05) is 43.3 Å². The maximum Gasteiger partial charge on any atom is 0.420 e. The van der Waals surface area contributed by atoms with Gasteiger partial charge in [-0.15, -0.1) is 0 Å². The third-order valence-electron chi connectivity index (χ3n) is 5.27. The van der Waals surface area contributed by atoms with Crippen LogP contribution in [0.5, 0.6) is 0 Å². The molecular weight excluding hydrogens is 397 g/mol. The van der Waals surface area contributed by atoms with E-state index in [0.717, 1.165) is 19.2 Å². The molecule has 3 heterocycles. The smallest absolute Gasteiger partial charge is 0.420 e. The van der Waals surface area contributed by atoms with Gasteiger partial charge >= 0.3 is 6.18 Å². The standard InChI is InChI=1S/C21H21F3N4O2/c1-27-4-6-28(7-5-27)20(29)13-2-3-18(26-12-13)14-8-15-9-16(11-25)30-19(15)17(10-14)21(22,23)24/h2-3,8-10,12H,4-7,11,25H2,1H3. The van der Waals surface area contributed by atoms with Crippen molar-refractivity contribution in [3.8, 4) is 11.3 Å². The fraction of sp³-hybridized carbons (Fsp3) is 0.333. The van der Waals surface area contributed by atoms with Crippen molar-refractivity contribution >= 4 is 16.9 Å². The van der Waals surface area contributed by atoms with Crippen molar-refractivity contribution < 1.29 is 22.4 Å². The van der Waals surface area contributed by atoms with E-state index in [-0.39, 0.29) is 29.4 Å². The number of fused-ring (bicyclic) bond motifs is 1. The fourth-order valence-corrected chi connectivity index (χ4v) is 3.55. The van der Waals surface area contributed by atoms with Crippen molar-refractivity contribution in [3.05, 3.63) is 53.4 Å². The molecule has 0 atom stereocenters. The maximum atomic E-state index is 13.6. The number of carbonyl (C=O) groups is 1. The molecule has 9 heteroatoms. The first-order chi connectivity index (χ1) is 14.3. The Morgan fingerprint density at radius 3 is 2.50 bits per heavy atom. The van der Waals surface area contributed by atoms with Gasteiger partial charge in [0.05, 0.1) is 23.4 Å². The van der Waals surface area contributed by atoms with Crippen LogP contribution in [0.25, 0.3) is 22.2 Å². The topological polar surface area (TPSA) is 75.6 Å². The van der Waals surface area contributed by atoms with E-state index in [2.05, 4.69) is 9.88 Å². The lowest BCUT2D eigenvalue weighted by Gasteiger charge is -2.32. The van der Waals surface area contributed by atoms with Crippen molar-refractivity contribution in [1.82, 2.24) is 14.8 Å². The monoisotopic (exact) mass is 418 g/mol. The van der Waals surface area contributed by atoms with Crippen molar-refractivity contribution in [3.63, 3.8) is 0 Å². The summed E-state index contributed by atoms with van der Waals surface area (Å²) in [6.07, 6.45) is -3.18. The van der Waals surface area contributed by atoms with Gasteiger partial charge in [0.15, 0.2) is 0 Å². The van der Waals surface area contributed by atoms with Gasteiger partial charge in [0.1, 0.15) is 11.3 Å². The quantitative estimate of drug-likeness (QED) is 0.706. The minimum Gasteiger partial charge on any atom is -0.459 e. The minimum absolute atomic E-state index is 0.00264. The fourth-order valence-electron chi connectivity index (χ4n) is 3.55. The molecule has 1 fully saturated rings. The lowest BCUT2D eigenvalue weighted by molar-refractivity contribution is -0.136. The summed E-state index contributed by atoms with van der Waals surface area (Å²) >= 11 is 0. The lowest BCUT2D eigenvalue weighted by Crippen LogP contribution is -2.47. The highest BCUT2D eigenvalue weighted by atomic mass is 19.4. The van der Waals surface area contributed by atoms with Crippen LogP contribution >= 0.6 is 0 Å². The number of nitrogens with two attached hydrogens (primary N) is 1. The van der Waals surface area contributed by atoms with Gasteiger partial charge < -0.3 is 20.0 Å². The number of aromatic nitrogens is 1. The minimum atomic E-state index is -4.59. The highest BCUT2D eigenvalue weighted by Crippen LogP contribution is 2.39. The first-order valence-electron chi connectivity index (χ1n) is 9.54. The molecule has 0 unspecified atom stereocenters. The Morgan fingerprint density at radius 2 is 1.90 bits per heavy atom. The average Bonchev–Trinajstić information content (AvgIpc) is 3.15. The van der Waals surface area contributed by atoms with E-state index in [1.807, 2.05) is 7.05 Å². The summed E-state index contributed by atoms with van der Waals surface area (Å²) < 4.78 is 46.0. The molecule has 2 aromatic heterocycles. The molecule has 6 nitrogen and oxygen atoms in total. The Labute approximate surface area is 171 Å². The Hall–Kier alpha value is -2.91. The van der Waals surface area contributed by atoms with Crippen LogP contribution in [0, 0.1) is 0 Å². The molecule has 1 aliphatic rings. The van der Waals surface area contributed by atoms with E-state index >= 15 is 0 Å². The molecular formula is C21H21F3N4O2. The van der Waals surface area contributed by atoms with Crippen LogP contribution in [-0.4, -0.2) is 53.9 Å². The molecule has 3 aromatic rings. The van der Waals surface area contributed by atoms with Crippen molar-refractivity contribution in [2.24, 2.45) is 5.73 Å². The van der Waals surface area contributed by atoms with Crippen LogP contribution < -0.4 is 5.73 Å². The normalized spacial score (nSPS) is 15.7. The molecule has 0 aliphatic carbocycles. The molecule has 158 valence electrons. The molecule has 0 radical (unpaired) electrons. The largest absolute Gasteiger partial charge is 0.459 e. The van der Waals surface area contributed by atoms with Crippen molar-refractivity contribution in [1.29, 1.82) is 0 Å². The van der Waals surface area contributed by atoms with Crippen molar-refractivity contribution in [2.75, 3.05) is 33.2 Å². The number of halogens is 3. The van der Waals surface area contributed by atoms with Gasteiger partial charge in [-0.1, -0.05) is 0 Å². The number of carbonyl (C=O) groups excluding carboxylic acids is 1. The molecule has 1 aliphatic heterocycles. The number of alkyl halides is 3. The van der Waals surface area contributed by atoms with Gasteiger partial charge in [0.2, 0.25) is 0 Å². The Morgan fingerprint density at radius 1 is 1.17 bits per heavy atom. The second-order valence-electron chi connectivity index (χ2n) is 7.38. The summed E-state index contributed by atoms with van der Waals surface area (Å²) in [5.41, 5.74) is 5.43. The highest BCUT2D eigenvalue weighted by Gasteiger charge is 2.35. The molecule has 1 aromatic carbocycles. The maximum absolute atomic E-state index is 13.6. The van der Waals surface area contributed by atoms with Gasteiger partial charge in [0.25, 0.3) is 5.91 Å². The molecule has 1 saturated heterocycles. The number of furan rings is 1. The van der Waals surface area contributed by atoms with E-state index in [9.17, 15) is 18.0 Å². The summed E-state index contributed by atoms with van der Waals surface area (Å²) in [5, 5.41) is 0.305. The molecule has 4 rings (SSSR count). The van der Waals surface area contributed by atoms with Crippen LogP contribution in [0.2, 0.25) is 0 Å². The van der Waals surface area contributed by atoms with Crippen LogP contribution in [0.15, 0.2) is 40.9 Å². The zero-order valence-electron chi connectivity index (χ0n) is 16.4. The van der Waals surface area contributed by atoms with Crippen molar-refractivity contribution in [2.45, 2.75) is 12.7 Å². The van der Waals surface area contributed by atoms with E-state index in [1.54, 1.807) is 23.1 Å². The zero-order chi connectivity index (χ0) is 21.5. The molecule has 2 N–H and O–H groups in total. The molecule has 0 bridgehead atoms. The highest BCUT2D eigenvalue weighted by molar-refractivity contribution is 5.94. The third-order valence-corrected chi connectivity index (χ3v) is 5.27. The first kappa shape index (κ1) is 20.4. The van der Waals surface area contributed by atoms with Crippen LogP contribution in [0.4, 0.5) is 13.2 Å². The molecule has 30 heavy (non-hydrogen) atoms. The van der Waals surface area contributed by atoms with E-state index in [0.29, 0.717) is 29.7 Å². The Kier molecular flexibility index (Phi) is 5.25. The second-order valence-corrected chi connectivity index (χ2v) is 7.38. The number of benzene rings is 1. The number of rotatable bonds is 3. The number of piperazine rings is 1. The number of hydrogen-bond acceptors (Lipinski definition) is 5. The Balaban J connectivity index is 1.66. The number of nitrogens with zero attached hydrogens (tertiary/aromatic N) is 3. The van der Waals surface area contributed by atoms with E-state index in [4.69, 9.17) is 10.2 Å². The molecule has 1 amide bonds. The predicted molar refractivity (Wildman–Crippen MR) is 106 cm³/mol. The summed E-state index contributed by atoms with van der Waals surface area (Å²) in [6.45, 7) is 2.86. The van der Waals surface area contributed by atoms with Gasteiger partial charge in [-0.05, 0) is 37.4 Å².